The van der Waals surface area contributed by atoms with Gasteiger partial charge in [-0.05, 0) is 38.1 Å². The van der Waals surface area contributed by atoms with E-state index in [1.807, 2.05) is 13.8 Å². The molecule has 1 atom stereocenters. The summed E-state index contributed by atoms with van der Waals surface area (Å²) < 4.78 is 0. The van der Waals surface area contributed by atoms with Crippen LogP contribution in [0.5, 0.6) is 0 Å². The summed E-state index contributed by atoms with van der Waals surface area (Å²) in [5.41, 5.74) is 2.00. The molecule has 2 rings (SSSR count). The largest absolute Gasteiger partial charge is 0.364 e. The average Bonchev–Trinajstić information content (AvgIpc) is 2.62. The van der Waals surface area contributed by atoms with Gasteiger partial charge in [0, 0.05) is 34.3 Å². The van der Waals surface area contributed by atoms with Crippen molar-refractivity contribution in [3.8, 4) is 0 Å². The number of rotatable bonds is 6. The quantitative estimate of drug-likeness (QED) is 0.771. The summed E-state index contributed by atoms with van der Waals surface area (Å²) in [6, 6.07) is 14.1. The van der Waals surface area contributed by atoms with Crippen LogP contribution in [-0.2, 0) is 4.79 Å². The second-order valence-electron chi connectivity index (χ2n) is 5.38. The molecular formula is C19H20Cl2N2O2. The number of hydrogen-bond donors (Lipinski definition) is 1. The van der Waals surface area contributed by atoms with E-state index in [2.05, 4.69) is 4.99 Å². The highest BCUT2D eigenvalue weighted by atomic mass is 35.5. The smallest absolute Gasteiger partial charge is 0.274 e. The van der Waals surface area contributed by atoms with Gasteiger partial charge in [0.15, 0.2) is 0 Å². The van der Waals surface area contributed by atoms with Crippen molar-refractivity contribution >= 4 is 34.8 Å². The zero-order chi connectivity index (χ0) is 18.4. The SMILES string of the molecule is CCN(CC)C(=O)C(O)N=C(c1ccc(Cl)cc1)c1ccc(Cl)cc1. The number of halogens is 2. The summed E-state index contributed by atoms with van der Waals surface area (Å²) in [4.78, 5) is 18.2. The molecular weight excluding hydrogens is 359 g/mol. The number of benzene rings is 2. The molecule has 0 fully saturated rings. The highest BCUT2D eigenvalue weighted by molar-refractivity contribution is 6.31. The summed E-state index contributed by atoms with van der Waals surface area (Å²) in [5, 5.41) is 11.5. The molecule has 0 heterocycles. The molecule has 0 bridgehead atoms. The van der Waals surface area contributed by atoms with Crippen LogP contribution in [0, 0.1) is 0 Å². The van der Waals surface area contributed by atoms with Gasteiger partial charge in [-0.3, -0.25) is 4.79 Å². The number of likely N-dealkylation sites (N-methyl/N-ethyl adjacent to an activating group) is 1. The van der Waals surface area contributed by atoms with Crippen molar-refractivity contribution < 1.29 is 9.90 Å². The van der Waals surface area contributed by atoms with Crippen LogP contribution in [-0.4, -0.2) is 40.9 Å². The van der Waals surface area contributed by atoms with Crippen molar-refractivity contribution in [2.75, 3.05) is 13.1 Å². The molecule has 2 aromatic carbocycles. The molecule has 132 valence electrons. The fourth-order valence-electron chi connectivity index (χ4n) is 2.41. The Labute approximate surface area is 157 Å². The minimum absolute atomic E-state index is 0.426. The molecule has 1 unspecified atom stereocenters. The van der Waals surface area contributed by atoms with Gasteiger partial charge in [0.2, 0.25) is 6.23 Å². The molecule has 0 radical (unpaired) electrons. The van der Waals surface area contributed by atoms with Gasteiger partial charge < -0.3 is 10.0 Å². The second kappa shape index (κ2) is 8.99. The number of carbonyl (C=O) groups is 1. The first-order valence-corrected chi connectivity index (χ1v) is 8.78. The maximum Gasteiger partial charge on any atom is 0.274 e. The topological polar surface area (TPSA) is 52.9 Å². The van der Waals surface area contributed by atoms with Crippen molar-refractivity contribution in [2.45, 2.75) is 20.1 Å². The Bertz CT molecular complexity index is 692. The maximum absolute atomic E-state index is 12.3. The molecule has 1 N–H and O–H groups in total. The van der Waals surface area contributed by atoms with Crippen LogP contribution in [0.4, 0.5) is 0 Å². The van der Waals surface area contributed by atoms with E-state index in [-0.39, 0.29) is 0 Å². The monoisotopic (exact) mass is 378 g/mol. The Morgan fingerprint density at radius 2 is 1.36 bits per heavy atom. The Kier molecular flexibility index (Phi) is 7.00. The van der Waals surface area contributed by atoms with E-state index < -0.39 is 12.1 Å². The van der Waals surface area contributed by atoms with E-state index >= 15 is 0 Å². The second-order valence-corrected chi connectivity index (χ2v) is 6.25. The first kappa shape index (κ1) is 19.4. The molecule has 0 saturated heterocycles. The normalized spacial score (nSPS) is 11.7. The van der Waals surface area contributed by atoms with Gasteiger partial charge in [-0.1, -0.05) is 47.5 Å². The standard InChI is InChI=1S/C19H20Cl2N2O2/c1-3-23(4-2)19(25)18(24)22-17(13-5-9-15(20)10-6-13)14-7-11-16(21)12-8-14/h5-12,18,24H,3-4H2,1-2H3. The minimum Gasteiger partial charge on any atom is -0.364 e. The molecule has 6 heteroatoms. The Balaban J connectivity index is 2.45. The molecule has 0 saturated carbocycles. The number of nitrogens with zero attached hydrogens (tertiary/aromatic N) is 2. The van der Waals surface area contributed by atoms with Crippen molar-refractivity contribution in [2.24, 2.45) is 4.99 Å². The van der Waals surface area contributed by atoms with Crippen LogP contribution in [0.15, 0.2) is 53.5 Å². The minimum atomic E-state index is -1.47. The first-order chi connectivity index (χ1) is 12.0. The lowest BCUT2D eigenvalue weighted by Crippen LogP contribution is -2.38. The summed E-state index contributed by atoms with van der Waals surface area (Å²) in [7, 11) is 0. The molecule has 0 aliphatic heterocycles. The number of amides is 1. The molecule has 0 aliphatic carbocycles. The number of hydrogen-bond acceptors (Lipinski definition) is 3. The number of aliphatic hydroxyl groups is 1. The van der Waals surface area contributed by atoms with Crippen LogP contribution in [0.2, 0.25) is 10.0 Å². The van der Waals surface area contributed by atoms with E-state index in [1.54, 1.807) is 48.5 Å². The molecule has 2 aromatic rings. The predicted molar refractivity (Wildman–Crippen MR) is 102 cm³/mol. The van der Waals surface area contributed by atoms with Gasteiger partial charge in [0.1, 0.15) is 0 Å². The molecule has 25 heavy (non-hydrogen) atoms. The number of aliphatic imine (C=N–C) groups is 1. The third-order valence-corrected chi connectivity index (χ3v) is 4.29. The van der Waals surface area contributed by atoms with Crippen LogP contribution in [0.25, 0.3) is 0 Å². The van der Waals surface area contributed by atoms with Crippen molar-refractivity contribution in [1.82, 2.24) is 4.90 Å². The van der Waals surface area contributed by atoms with Gasteiger partial charge in [0.05, 0.1) is 5.71 Å². The summed E-state index contributed by atoms with van der Waals surface area (Å²) in [6.07, 6.45) is -1.47. The molecule has 0 spiro atoms. The summed E-state index contributed by atoms with van der Waals surface area (Å²) >= 11 is 11.9. The number of carbonyl (C=O) groups excluding carboxylic acids is 1. The van der Waals surface area contributed by atoms with E-state index in [0.717, 1.165) is 11.1 Å². The van der Waals surface area contributed by atoms with E-state index in [9.17, 15) is 9.90 Å². The predicted octanol–water partition coefficient (Wildman–Crippen LogP) is 4.02. The van der Waals surface area contributed by atoms with Crippen molar-refractivity contribution in [3.63, 3.8) is 0 Å². The highest BCUT2D eigenvalue weighted by Gasteiger charge is 2.21. The Hall–Kier alpha value is -1.88. The fourth-order valence-corrected chi connectivity index (χ4v) is 2.66. The zero-order valence-electron chi connectivity index (χ0n) is 14.1. The maximum atomic E-state index is 12.3. The lowest BCUT2D eigenvalue weighted by atomic mass is 10.0. The van der Waals surface area contributed by atoms with Gasteiger partial charge in [-0.2, -0.15) is 0 Å². The van der Waals surface area contributed by atoms with Gasteiger partial charge in [0.25, 0.3) is 5.91 Å². The molecule has 4 nitrogen and oxygen atoms in total. The third-order valence-electron chi connectivity index (χ3n) is 3.78. The lowest BCUT2D eigenvalue weighted by molar-refractivity contribution is -0.139. The third kappa shape index (κ3) is 5.05. The van der Waals surface area contributed by atoms with Crippen molar-refractivity contribution in [3.05, 3.63) is 69.7 Å². The zero-order valence-corrected chi connectivity index (χ0v) is 15.6. The summed E-state index contributed by atoms with van der Waals surface area (Å²) in [5.74, 6) is -0.426. The van der Waals surface area contributed by atoms with Crippen molar-refractivity contribution in [1.29, 1.82) is 0 Å². The fraction of sp³-hybridized carbons (Fsp3) is 0.263. The summed E-state index contributed by atoms with van der Waals surface area (Å²) in [6.45, 7) is 4.74. The highest BCUT2D eigenvalue weighted by Crippen LogP contribution is 2.18. The van der Waals surface area contributed by atoms with Crippen LogP contribution >= 0.6 is 23.2 Å². The molecule has 1 amide bonds. The van der Waals surface area contributed by atoms with Crippen LogP contribution in [0.1, 0.15) is 25.0 Å². The van der Waals surface area contributed by atoms with Crippen LogP contribution in [0.3, 0.4) is 0 Å². The number of aliphatic hydroxyl groups excluding tert-OH is 1. The molecule has 0 aromatic heterocycles. The van der Waals surface area contributed by atoms with E-state index in [0.29, 0.717) is 28.8 Å². The Morgan fingerprint density at radius 1 is 0.960 bits per heavy atom. The van der Waals surface area contributed by atoms with Gasteiger partial charge >= 0.3 is 0 Å². The van der Waals surface area contributed by atoms with Gasteiger partial charge in [-0.25, -0.2) is 4.99 Å². The average molecular weight is 379 g/mol. The first-order valence-electron chi connectivity index (χ1n) is 8.02. The van der Waals surface area contributed by atoms with Gasteiger partial charge in [-0.15, -0.1) is 0 Å². The Morgan fingerprint density at radius 3 is 1.72 bits per heavy atom. The van der Waals surface area contributed by atoms with Crippen LogP contribution < -0.4 is 0 Å². The molecule has 0 aliphatic rings. The lowest BCUT2D eigenvalue weighted by Gasteiger charge is -2.21. The van der Waals surface area contributed by atoms with E-state index in [4.69, 9.17) is 23.2 Å². The van der Waals surface area contributed by atoms with E-state index in [1.165, 1.54) is 4.90 Å².